The molecule has 14 heteroatoms. The molecule has 3 aromatic heterocycles. The Bertz CT molecular complexity index is 1750. The summed E-state index contributed by atoms with van der Waals surface area (Å²) in [6.45, 7) is 1.53. The molecule has 0 fully saturated rings. The highest BCUT2D eigenvalue weighted by molar-refractivity contribution is 7.89. The van der Waals surface area contributed by atoms with Crippen LogP contribution >= 0.6 is 11.3 Å². The van der Waals surface area contributed by atoms with Gasteiger partial charge in [-0.25, -0.2) is 28.5 Å². The van der Waals surface area contributed by atoms with Crippen LogP contribution in [0.1, 0.15) is 16.8 Å². The maximum Gasteiger partial charge on any atom is 0.290 e. The minimum absolute atomic E-state index is 0.0396. The quantitative estimate of drug-likeness (QED) is 0.193. The summed E-state index contributed by atoms with van der Waals surface area (Å²) in [5.74, 6) is 1.42. The molecular formula is C26H25N7O5S2. The summed E-state index contributed by atoms with van der Waals surface area (Å²) in [6.07, 6.45) is 0.592. The molecule has 0 unspecified atom stereocenters. The molecule has 0 spiro atoms. The van der Waals surface area contributed by atoms with E-state index in [0.29, 0.717) is 40.4 Å². The predicted octanol–water partition coefficient (Wildman–Crippen LogP) is 4.22. The fourth-order valence-electron chi connectivity index (χ4n) is 3.66. The van der Waals surface area contributed by atoms with Crippen LogP contribution in [0, 0.1) is 6.92 Å². The van der Waals surface area contributed by atoms with Crippen molar-refractivity contribution in [3.05, 3.63) is 83.6 Å². The van der Waals surface area contributed by atoms with Gasteiger partial charge in [0.2, 0.25) is 21.9 Å². The van der Waals surface area contributed by atoms with Crippen molar-refractivity contribution in [2.24, 2.45) is 5.14 Å². The van der Waals surface area contributed by atoms with Crippen molar-refractivity contribution < 1.29 is 23.1 Å². The van der Waals surface area contributed by atoms with E-state index in [9.17, 15) is 8.42 Å². The fraction of sp³-hybridized carbons (Fsp3) is 0.115. The highest BCUT2D eigenvalue weighted by Gasteiger charge is 2.13. The Morgan fingerprint density at radius 2 is 1.75 bits per heavy atom. The zero-order valence-electron chi connectivity index (χ0n) is 21.4. The summed E-state index contributed by atoms with van der Waals surface area (Å²) in [5, 5.41) is 19.2. The van der Waals surface area contributed by atoms with Crippen molar-refractivity contribution in [3.63, 3.8) is 0 Å². The number of primary sulfonamides is 1. The molecule has 40 heavy (non-hydrogen) atoms. The van der Waals surface area contributed by atoms with Crippen LogP contribution in [0.2, 0.25) is 0 Å². The van der Waals surface area contributed by atoms with Gasteiger partial charge in [-0.2, -0.15) is 4.98 Å². The SMILES string of the molecule is COc1ccc2nc(Nc3cc(Cc4ccccc4)nc(Nc4ccc(S(N)(=O)=O)cc4C)n3)sc2n1.O=CO. The number of thiazole rings is 1. The topological polar surface area (TPSA) is 182 Å². The number of ether oxygens (including phenoxy) is 1. The zero-order valence-corrected chi connectivity index (χ0v) is 23.0. The minimum atomic E-state index is -3.80. The Labute approximate surface area is 234 Å². The van der Waals surface area contributed by atoms with Crippen LogP contribution in [0.5, 0.6) is 5.88 Å². The maximum atomic E-state index is 11.7. The number of nitrogens with two attached hydrogens (primary N) is 1. The summed E-state index contributed by atoms with van der Waals surface area (Å²) in [5.41, 5.74) is 3.97. The fourth-order valence-corrected chi connectivity index (χ4v) is 5.10. The highest BCUT2D eigenvalue weighted by Crippen LogP contribution is 2.29. The Hall–Kier alpha value is -4.66. The van der Waals surface area contributed by atoms with Crippen molar-refractivity contribution in [1.82, 2.24) is 19.9 Å². The number of nitrogens with zero attached hydrogens (tertiary/aromatic N) is 4. The average Bonchev–Trinajstić information content (AvgIpc) is 3.31. The monoisotopic (exact) mass is 579 g/mol. The summed E-state index contributed by atoms with van der Waals surface area (Å²) in [7, 11) is -2.23. The first-order valence-electron chi connectivity index (χ1n) is 11.7. The molecule has 0 saturated heterocycles. The first-order chi connectivity index (χ1) is 19.2. The van der Waals surface area contributed by atoms with Crippen molar-refractivity contribution in [1.29, 1.82) is 0 Å². The third-order valence-electron chi connectivity index (χ3n) is 5.45. The molecule has 0 atom stereocenters. The lowest BCUT2D eigenvalue weighted by Crippen LogP contribution is -2.12. The van der Waals surface area contributed by atoms with E-state index in [-0.39, 0.29) is 11.4 Å². The van der Waals surface area contributed by atoms with Gasteiger partial charge in [-0.15, -0.1) is 0 Å². The number of anilines is 4. The van der Waals surface area contributed by atoms with E-state index >= 15 is 0 Å². The molecule has 0 aliphatic heterocycles. The van der Waals surface area contributed by atoms with Gasteiger partial charge in [-0.1, -0.05) is 41.7 Å². The highest BCUT2D eigenvalue weighted by atomic mass is 32.2. The Morgan fingerprint density at radius 3 is 2.42 bits per heavy atom. The summed E-state index contributed by atoms with van der Waals surface area (Å²) < 4.78 is 28.6. The lowest BCUT2D eigenvalue weighted by molar-refractivity contribution is -0.122. The number of sulfonamides is 1. The largest absolute Gasteiger partial charge is 0.483 e. The number of carboxylic acid groups (broad SMARTS) is 1. The first-order valence-corrected chi connectivity index (χ1v) is 14.0. The van der Waals surface area contributed by atoms with E-state index in [1.165, 1.54) is 23.5 Å². The predicted molar refractivity (Wildman–Crippen MR) is 153 cm³/mol. The van der Waals surface area contributed by atoms with Gasteiger partial charge in [-0.3, -0.25) is 4.79 Å². The minimum Gasteiger partial charge on any atom is -0.483 e. The third-order valence-corrected chi connectivity index (χ3v) is 7.25. The van der Waals surface area contributed by atoms with Crippen molar-refractivity contribution in [3.8, 4) is 5.88 Å². The molecule has 0 radical (unpaired) electrons. The van der Waals surface area contributed by atoms with Crippen LogP contribution < -0.4 is 20.5 Å². The molecule has 5 aromatic rings. The van der Waals surface area contributed by atoms with Crippen LogP contribution in [0.4, 0.5) is 22.6 Å². The molecule has 0 aliphatic rings. The molecule has 5 N–H and O–H groups in total. The normalized spacial score (nSPS) is 10.9. The number of nitrogens with one attached hydrogen (secondary N) is 2. The Kier molecular flexibility index (Phi) is 8.83. The van der Waals surface area contributed by atoms with Gasteiger partial charge < -0.3 is 20.5 Å². The summed E-state index contributed by atoms with van der Waals surface area (Å²) in [6, 6.07) is 20.1. The van der Waals surface area contributed by atoms with E-state index in [0.717, 1.165) is 21.6 Å². The standard InChI is InChI=1S/C25H23N7O3S2.CH2O2/c1-15-12-18(37(26,33)34)8-9-19(15)28-24-27-17(13-16-6-4-3-5-7-16)14-21(30-24)31-25-29-20-10-11-22(35-2)32-23(20)36-25;2-1-3/h3-12,14H,13H2,1-2H3,(H2,26,33,34)(H2,27,28,29,30,31);1H,(H,2,3). The molecule has 0 aliphatic carbocycles. The van der Waals surface area contributed by atoms with Crippen LogP contribution in [-0.2, 0) is 21.2 Å². The van der Waals surface area contributed by atoms with Gasteiger partial charge >= 0.3 is 0 Å². The Balaban J connectivity index is 0.00000118. The number of methoxy groups -OCH3 is 1. The second kappa shape index (κ2) is 12.5. The number of carbonyl (C=O) groups is 1. The molecular weight excluding hydrogens is 554 g/mol. The lowest BCUT2D eigenvalue weighted by Gasteiger charge is -2.12. The van der Waals surface area contributed by atoms with Crippen LogP contribution in [-0.4, -0.2) is 47.0 Å². The molecule has 206 valence electrons. The van der Waals surface area contributed by atoms with Crippen LogP contribution in [0.25, 0.3) is 10.3 Å². The summed E-state index contributed by atoms with van der Waals surface area (Å²) >= 11 is 1.38. The third kappa shape index (κ3) is 7.25. The number of fused-ring (bicyclic) bond motifs is 1. The van der Waals surface area contributed by atoms with Crippen molar-refractivity contribution in [2.75, 3.05) is 17.7 Å². The first kappa shape index (κ1) is 28.4. The average molecular weight is 580 g/mol. The number of aryl methyl sites for hydroxylation is 1. The van der Waals surface area contributed by atoms with Crippen molar-refractivity contribution in [2.45, 2.75) is 18.2 Å². The lowest BCUT2D eigenvalue weighted by atomic mass is 10.1. The Morgan fingerprint density at radius 1 is 1.00 bits per heavy atom. The number of rotatable bonds is 8. The molecule has 5 rings (SSSR count). The number of hydrogen-bond donors (Lipinski definition) is 4. The van der Waals surface area contributed by atoms with Crippen LogP contribution in [0.15, 0.2) is 71.6 Å². The van der Waals surface area contributed by atoms with Crippen molar-refractivity contribution >= 4 is 60.8 Å². The summed E-state index contributed by atoms with van der Waals surface area (Å²) in [4.78, 5) is 27.5. The second-order valence-corrected chi connectivity index (χ2v) is 10.8. The molecule has 2 aromatic carbocycles. The van der Waals surface area contributed by atoms with Gasteiger partial charge in [0.15, 0.2) is 5.13 Å². The number of hydrogen-bond acceptors (Lipinski definition) is 11. The number of pyridine rings is 1. The molecule has 12 nitrogen and oxygen atoms in total. The second-order valence-electron chi connectivity index (χ2n) is 8.30. The number of benzene rings is 2. The molecule has 0 saturated carbocycles. The van der Waals surface area contributed by atoms with E-state index in [2.05, 4.69) is 25.6 Å². The number of aromatic nitrogens is 4. The smallest absolute Gasteiger partial charge is 0.290 e. The van der Waals surface area contributed by atoms with E-state index in [1.807, 2.05) is 42.5 Å². The van der Waals surface area contributed by atoms with E-state index < -0.39 is 10.0 Å². The van der Waals surface area contributed by atoms with Crippen LogP contribution in [0.3, 0.4) is 0 Å². The van der Waals surface area contributed by atoms with E-state index in [1.54, 1.807) is 26.2 Å². The van der Waals surface area contributed by atoms with Gasteiger partial charge in [0.1, 0.15) is 16.2 Å². The molecule has 0 amide bonds. The van der Waals surface area contributed by atoms with Gasteiger partial charge in [0.05, 0.1) is 17.7 Å². The van der Waals surface area contributed by atoms with Gasteiger partial charge in [0.25, 0.3) is 6.47 Å². The van der Waals surface area contributed by atoms with Gasteiger partial charge in [0, 0.05) is 24.2 Å². The zero-order chi connectivity index (χ0) is 28.7. The van der Waals surface area contributed by atoms with E-state index in [4.69, 9.17) is 24.8 Å². The maximum absolute atomic E-state index is 11.7. The molecule has 0 bridgehead atoms. The molecule has 3 heterocycles. The van der Waals surface area contributed by atoms with Gasteiger partial charge in [-0.05, 0) is 42.3 Å².